The van der Waals surface area contributed by atoms with Crippen molar-refractivity contribution in [3.8, 4) is 0 Å². The minimum atomic E-state index is -2.98. The van der Waals surface area contributed by atoms with E-state index in [4.69, 9.17) is 27.9 Å². The van der Waals surface area contributed by atoms with Crippen LogP contribution < -0.4 is 0 Å². The van der Waals surface area contributed by atoms with Gasteiger partial charge in [-0.25, -0.2) is 18.5 Å². The highest BCUT2D eigenvalue weighted by molar-refractivity contribution is 6.34. The standard InChI is InChI=1S/C19H20Cl2F2N4O3/c1-19(2,3)30-18(29)27(17(28)11-8-26(4)25-15(11)16(22)23)13-6-10(13)14-12(21)5-9(20)7-24-14/h5,7-8,10,13,16H,6H2,1-4H3. The van der Waals surface area contributed by atoms with Crippen molar-refractivity contribution in [1.29, 1.82) is 0 Å². The lowest BCUT2D eigenvalue weighted by atomic mass is 10.2. The van der Waals surface area contributed by atoms with Gasteiger partial charge in [0, 0.05) is 25.4 Å². The molecule has 0 aliphatic heterocycles. The molecule has 2 atom stereocenters. The predicted octanol–water partition coefficient (Wildman–Crippen LogP) is 4.99. The molecular formula is C19H20Cl2F2N4O3. The number of nitrogens with zero attached hydrogens (tertiary/aromatic N) is 4. The summed E-state index contributed by atoms with van der Waals surface area (Å²) >= 11 is 12.1. The van der Waals surface area contributed by atoms with Gasteiger partial charge in [0.2, 0.25) is 0 Å². The Labute approximate surface area is 181 Å². The fourth-order valence-corrected chi connectivity index (χ4v) is 3.62. The lowest BCUT2D eigenvalue weighted by molar-refractivity contribution is 0.0221. The molecule has 1 fully saturated rings. The number of carbonyl (C=O) groups is 2. The van der Waals surface area contributed by atoms with Gasteiger partial charge in [-0.1, -0.05) is 23.2 Å². The first-order chi connectivity index (χ1) is 13.9. The molecule has 2 aromatic rings. The van der Waals surface area contributed by atoms with Crippen LogP contribution >= 0.6 is 23.2 Å². The van der Waals surface area contributed by atoms with Crippen LogP contribution in [0.1, 0.15) is 61.3 Å². The number of amides is 2. The molecule has 1 aliphatic carbocycles. The third kappa shape index (κ3) is 4.73. The Kier molecular flexibility index (Phi) is 6.06. The van der Waals surface area contributed by atoms with Crippen LogP contribution in [0.4, 0.5) is 13.6 Å². The molecule has 0 radical (unpaired) electrons. The van der Waals surface area contributed by atoms with E-state index in [2.05, 4.69) is 10.1 Å². The van der Waals surface area contributed by atoms with Crippen LogP contribution in [0.5, 0.6) is 0 Å². The number of rotatable bonds is 4. The number of ether oxygens (including phenoxy) is 1. The SMILES string of the molecule is Cn1cc(C(=O)N(C(=O)OC(C)(C)C)C2CC2c2ncc(Cl)cc2Cl)c(C(F)F)n1. The van der Waals surface area contributed by atoms with Crippen molar-refractivity contribution in [3.05, 3.63) is 45.5 Å². The van der Waals surface area contributed by atoms with E-state index in [-0.39, 0.29) is 11.5 Å². The third-order valence-corrected chi connectivity index (χ3v) is 4.89. The Morgan fingerprint density at radius 2 is 2.00 bits per heavy atom. The molecule has 0 spiro atoms. The number of hydrogen-bond donors (Lipinski definition) is 0. The smallest absolute Gasteiger partial charge is 0.417 e. The van der Waals surface area contributed by atoms with Gasteiger partial charge in [-0.2, -0.15) is 5.10 Å². The second kappa shape index (κ2) is 8.11. The molecule has 162 valence electrons. The van der Waals surface area contributed by atoms with E-state index in [1.54, 1.807) is 20.8 Å². The summed E-state index contributed by atoms with van der Waals surface area (Å²) in [6, 6.07) is 0.862. The van der Waals surface area contributed by atoms with E-state index in [9.17, 15) is 18.4 Å². The number of aryl methyl sites for hydroxylation is 1. The lowest BCUT2D eigenvalue weighted by Gasteiger charge is -2.26. The van der Waals surface area contributed by atoms with Crippen LogP contribution in [0.15, 0.2) is 18.5 Å². The largest absolute Gasteiger partial charge is 0.443 e. The normalized spacial score (nSPS) is 18.4. The van der Waals surface area contributed by atoms with Gasteiger partial charge >= 0.3 is 6.09 Å². The van der Waals surface area contributed by atoms with E-state index < -0.39 is 35.8 Å². The molecule has 1 saturated carbocycles. The molecule has 2 aromatic heterocycles. The van der Waals surface area contributed by atoms with Gasteiger partial charge in [-0.15, -0.1) is 0 Å². The van der Waals surface area contributed by atoms with Gasteiger partial charge < -0.3 is 4.74 Å². The number of carbonyl (C=O) groups excluding carboxylic acids is 2. The molecule has 0 bridgehead atoms. The van der Waals surface area contributed by atoms with Crippen molar-refractivity contribution < 1.29 is 23.1 Å². The zero-order valence-corrected chi connectivity index (χ0v) is 18.2. The van der Waals surface area contributed by atoms with Crippen LogP contribution in [0.25, 0.3) is 0 Å². The summed E-state index contributed by atoms with van der Waals surface area (Å²) < 4.78 is 33.2. The topological polar surface area (TPSA) is 77.3 Å². The molecule has 0 saturated heterocycles. The molecule has 30 heavy (non-hydrogen) atoms. The number of pyridine rings is 1. The first-order valence-electron chi connectivity index (χ1n) is 9.08. The highest BCUT2D eigenvalue weighted by atomic mass is 35.5. The molecule has 1 aliphatic rings. The zero-order chi connectivity index (χ0) is 22.4. The quantitative estimate of drug-likeness (QED) is 0.641. The summed E-state index contributed by atoms with van der Waals surface area (Å²) in [5.41, 5.74) is -1.49. The van der Waals surface area contributed by atoms with Crippen molar-refractivity contribution in [2.75, 3.05) is 0 Å². The minimum absolute atomic E-state index is 0.293. The Bertz CT molecular complexity index is 991. The van der Waals surface area contributed by atoms with Gasteiger partial charge in [-0.05, 0) is 33.3 Å². The summed E-state index contributed by atoms with van der Waals surface area (Å²) in [5, 5.41) is 4.29. The molecule has 7 nitrogen and oxygen atoms in total. The van der Waals surface area contributed by atoms with E-state index in [0.717, 1.165) is 15.8 Å². The van der Waals surface area contributed by atoms with Crippen LogP contribution in [0, 0.1) is 0 Å². The van der Waals surface area contributed by atoms with Gasteiger partial charge in [-0.3, -0.25) is 14.5 Å². The number of alkyl halides is 2. The van der Waals surface area contributed by atoms with Crippen molar-refractivity contribution in [2.45, 2.75) is 51.2 Å². The fourth-order valence-electron chi connectivity index (χ4n) is 3.10. The molecule has 11 heteroatoms. The molecule has 2 unspecified atom stereocenters. The third-order valence-electron chi connectivity index (χ3n) is 4.38. The van der Waals surface area contributed by atoms with Crippen LogP contribution in [0.2, 0.25) is 10.0 Å². The Morgan fingerprint density at radius 3 is 2.57 bits per heavy atom. The average Bonchev–Trinajstić information content (AvgIpc) is 3.24. The maximum atomic E-state index is 13.4. The van der Waals surface area contributed by atoms with E-state index in [1.807, 2.05) is 0 Å². The van der Waals surface area contributed by atoms with Crippen molar-refractivity contribution in [1.82, 2.24) is 19.7 Å². The van der Waals surface area contributed by atoms with Crippen molar-refractivity contribution >= 4 is 35.2 Å². The Morgan fingerprint density at radius 1 is 1.33 bits per heavy atom. The van der Waals surface area contributed by atoms with Gasteiger partial charge in [0.25, 0.3) is 12.3 Å². The number of aromatic nitrogens is 3. The summed E-state index contributed by atoms with van der Waals surface area (Å²) in [4.78, 5) is 31.1. The molecule has 2 heterocycles. The summed E-state index contributed by atoms with van der Waals surface area (Å²) in [7, 11) is 1.41. The zero-order valence-electron chi connectivity index (χ0n) is 16.7. The molecule has 2 amide bonds. The highest BCUT2D eigenvalue weighted by Crippen LogP contribution is 2.47. The summed E-state index contributed by atoms with van der Waals surface area (Å²) in [5.74, 6) is -1.27. The monoisotopic (exact) mass is 460 g/mol. The van der Waals surface area contributed by atoms with E-state index in [1.165, 1.54) is 19.3 Å². The minimum Gasteiger partial charge on any atom is -0.443 e. The maximum Gasteiger partial charge on any atom is 0.417 e. The van der Waals surface area contributed by atoms with Gasteiger partial charge in [0.1, 0.15) is 11.3 Å². The number of imide groups is 1. The van der Waals surface area contributed by atoms with Crippen LogP contribution in [-0.4, -0.2) is 43.3 Å². The Balaban J connectivity index is 1.96. The second-order valence-corrected chi connectivity index (χ2v) is 8.83. The molecule has 0 N–H and O–H groups in total. The van der Waals surface area contributed by atoms with Crippen molar-refractivity contribution in [2.24, 2.45) is 7.05 Å². The van der Waals surface area contributed by atoms with Gasteiger partial charge in [0.15, 0.2) is 0 Å². The molecule has 3 rings (SSSR count). The Hall–Kier alpha value is -2.26. The van der Waals surface area contributed by atoms with E-state index in [0.29, 0.717) is 22.2 Å². The summed E-state index contributed by atoms with van der Waals surface area (Å²) in [6.07, 6.45) is -0.981. The number of halogens is 4. The number of hydrogen-bond acceptors (Lipinski definition) is 5. The van der Waals surface area contributed by atoms with Crippen LogP contribution in [-0.2, 0) is 11.8 Å². The predicted molar refractivity (Wildman–Crippen MR) is 106 cm³/mol. The summed E-state index contributed by atoms with van der Waals surface area (Å²) in [6.45, 7) is 4.93. The van der Waals surface area contributed by atoms with Crippen LogP contribution in [0.3, 0.4) is 0 Å². The van der Waals surface area contributed by atoms with Crippen molar-refractivity contribution in [3.63, 3.8) is 0 Å². The molecular weight excluding hydrogens is 441 g/mol. The lowest BCUT2D eigenvalue weighted by Crippen LogP contribution is -2.43. The van der Waals surface area contributed by atoms with Gasteiger partial charge in [0.05, 0.1) is 27.3 Å². The van der Waals surface area contributed by atoms with E-state index >= 15 is 0 Å². The first kappa shape index (κ1) is 22.4. The highest BCUT2D eigenvalue weighted by Gasteiger charge is 2.51. The fraction of sp³-hybridized carbons (Fsp3) is 0.474. The first-order valence-corrected chi connectivity index (χ1v) is 9.83. The second-order valence-electron chi connectivity index (χ2n) is 7.99. The average molecular weight is 461 g/mol. The molecule has 0 aromatic carbocycles. The maximum absolute atomic E-state index is 13.4.